The Bertz CT molecular complexity index is 1870. The molecule has 0 unspecified atom stereocenters. The van der Waals surface area contributed by atoms with Gasteiger partial charge in [0.15, 0.2) is 0 Å². The van der Waals surface area contributed by atoms with Crippen LogP contribution in [0.15, 0.2) is 60.7 Å². The predicted molar refractivity (Wildman–Crippen MR) is 174 cm³/mol. The maximum Gasteiger partial charge on any atom is 0.356 e. The van der Waals surface area contributed by atoms with E-state index in [0.717, 1.165) is 93.8 Å². The highest BCUT2D eigenvalue weighted by Crippen LogP contribution is 2.33. The zero-order chi connectivity index (χ0) is 30.8. The Hall–Kier alpha value is -4.72. The molecule has 44 heavy (non-hydrogen) atoms. The monoisotopic (exact) mass is 590 g/mol. The fourth-order valence-corrected chi connectivity index (χ4v) is 6.52. The van der Waals surface area contributed by atoms with Gasteiger partial charge in [-0.2, -0.15) is 0 Å². The van der Waals surface area contributed by atoms with Crippen molar-refractivity contribution in [1.82, 2.24) is 19.1 Å². The molecule has 0 aliphatic heterocycles. The first-order valence-corrected chi connectivity index (χ1v) is 15.5. The molecule has 6 rings (SSSR count). The Morgan fingerprint density at radius 2 is 1.02 bits per heavy atom. The van der Waals surface area contributed by atoms with E-state index in [1.54, 1.807) is 13.8 Å². The minimum atomic E-state index is -0.386. The van der Waals surface area contributed by atoms with Crippen molar-refractivity contribution < 1.29 is 19.1 Å². The average Bonchev–Trinajstić information content (AvgIpc) is 3.52. The van der Waals surface area contributed by atoms with Crippen molar-refractivity contribution in [2.45, 2.75) is 66.5 Å². The van der Waals surface area contributed by atoms with Crippen molar-refractivity contribution >= 4 is 55.6 Å². The van der Waals surface area contributed by atoms with Crippen LogP contribution in [0.5, 0.6) is 0 Å². The van der Waals surface area contributed by atoms with Gasteiger partial charge in [-0.25, -0.2) is 19.6 Å². The number of benzene rings is 2. The predicted octanol–water partition coefficient (Wildman–Crippen LogP) is 7.92. The van der Waals surface area contributed by atoms with Gasteiger partial charge in [0.25, 0.3) is 0 Å². The number of aromatic nitrogens is 4. The second-order valence-electron chi connectivity index (χ2n) is 11.2. The van der Waals surface area contributed by atoms with Gasteiger partial charge in [-0.1, -0.05) is 49.2 Å². The minimum Gasteiger partial charge on any atom is -0.461 e. The van der Waals surface area contributed by atoms with E-state index in [2.05, 4.69) is 55.5 Å². The van der Waals surface area contributed by atoms with Gasteiger partial charge in [0.2, 0.25) is 0 Å². The van der Waals surface area contributed by atoms with Crippen molar-refractivity contribution in [3.8, 4) is 0 Å². The van der Waals surface area contributed by atoms with Gasteiger partial charge in [0.05, 0.1) is 35.6 Å². The lowest BCUT2D eigenvalue weighted by atomic mass is 10.1. The average molecular weight is 591 g/mol. The Labute approximate surface area is 256 Å². The zero-order valence-corrected chi connectivity index (χ0v) is 25.9. The van der Waals surface area contributed by atoms with Gasteiger partial charge >= 0.3 is 11.9 Å². The van der Waals surface area contributed by atoms with Crippen LogP contribution in [0, 0.1) is 13.8 Å². The maximum absolute atomic E-state index is 12.5. The maximum atomic E-state index is 12.5. The normalized spacial score (nSPS) is 11.6. The van der Waals surface area contributed by atoms with E-state index in [9.17, 15) is 9.59 Å². The second-order valence-corrected chi connectivity index (χ2v) is 11.2. The summed E-state index contributed by atoms with van der Waals surface area (Å²) >= 11 is 0. The molecule has 226 valence electrons. The quantitative estimate of drug-likeness (QED) is 0.112. The number of ether oxygens (including phenoxy) is 2. The summed E-state index contributed by atoms with van der Waals surface area (Å²) in [7, 11) is 0. The highest BCUT2D eigenvalue weighted by atomic mass is 16.5. The summed E-state index contributed by atoms with van der Waals surface area (Å²) < 4.78 is 15.2. The summed E-state index contributed by atoms with van der Waals surface area (Å²) in [5, 5.41) is 4.33. The Kier molecular flexibility index (Phi) is 8.33. The highest BCUT2D eigenvalue weighted by Gasteiger charge is 2.19. The number of unbranched alkanes of at least 4 members (excludes halogenated alkanes) is 3. The Morgan fingerprint density at radius 1 is 0.614 bits per heavy atom. The van der Waals surface area contributed by atoms with Crippen LogP contribution in [-0.4, -0.2) is 44.3 Å². The van der Waals surface area contributed by atoms with E-state index in [1.807, 2.05) is 38.1 Å². The van der Waals surface area contributed by atoms with Crippen LogP contribution in [-0.2, 0) is 22.6 Å². The van der Waals surface area contributed by atoms with Gasteiger partial charge in [0.1, 0.15) is 11.4 Å². The van der Waals surface area contributed by atoms with Gasteiger partial charge in [-0.3, -0.25) is 0 Å². The molecule has 0 saturated carbocycles. The van der Waals surface area contributed by atoms with Crippen molar-refractivity contribution in [2.75, 3.05) is 13.2 Å². The SMILES string of the molecule is CCOC(=O)c1cc2c3ccccc3n(CCCCCCn3c4ccccc4c4cc(C(=O)OCC)nc(C)c43)c2c(C)n1. The smallest absolute Gasteiger partial charge is 0.356 e. The summed E-state index contributed by atoms with van der Waals surface area (Å²) in [6, 6.07) is 20.5. The molecule has 0 aliphatic rings. The van der Waals surface area contributed by atoms with Crippen LogP contribution in [0.25, 0.3) is 43.6 Å². The second kappa shape index (κ2) is 12.5. The van der Waals surface area contributed by atoms with Crippen LogP contribution < -0.4 is 0 Å². The number of pyridine rings is 2. The van der Waals surface area contributed by atoms with Crippen LogP contribution in [0.2, 0.25) is 0 Å². The number of hydrogen-bond donors (Lipinski definition) is 0. The number of fused-ring (bicyclic) bond motifs is 6. The Morgan fingerprint density at radius 3 is 1.43 bits per heavy atom. The van der Waals surface area contributed by atoms with E-state index >= 15 is 0 Å². The molecule has 0 amide bonds. The van der Waals surface area contributed by atoms with Crippen LogP contribution in [0.4, 0.5) is 0 Å². The van der Waals surface area contributed by atoms with Crippen molar-refractivity contribution in [2.24, 2.45) is 0 Å². The number of aryl methyl sites for hydroxylation is 4. The first-order chi connectivity index (χ1) is 21.4. The lowest BCUT2D eigenvalue weighted by Gasteiger charge is -2.11. The minimum absolute atomic E-state index is 0.322. The summed E-state index contributed by atoms with van der Waals surface area (Å²) in [4.78, 5) is 34.1. The van der Waals surface area contributed by atoms with Gasteiger partial charge in [-0.05, 0) is 64.8 Å². The van der Waals surface area contributed by atoms with E-state index in [-0.39, 0.29) is 11.9 Å². The molecule has 0 saturated heterocycles. The molecule has 0 radical (unpaired) electrons. The van der Waals surface area contributed by atoms with E-state index in [4.69, 9.17) is 9.47 Å². The molecule has 0 atom stereocenters. The first-order valence-electron chi connectivity index (χ1n) is 15.5. The molecule has 8 heteroatoms. The summed E-state index contributed by atoms with van der Waals surface area (Å²) in [6.45, 7) is 9.95. The number of rotatable bonds is 11. The number of nitrogens with zero attached hydrogens (tertiary/aromatic N) is 4. The van der Waals surface area contributed by atoms with Crippen LogP contribution >= 0.6 is 0 Å². The van der Waals surface area contributed by atoms with Crippen molar-refractivity contribution in [1.29, 1.82) is 0 Å². The van der Waals surface area contributed by atoms with Gasteiger partial charge in [0, 0.05) is 45.7 Å². The third-order valence-electron chi connectivity index (χ3n) is 8.33. The number of para-hydroxylation sites is 2. The Balaban J connectivity index is 1.18. The molecule has 0 bridgehead atoms. The first kappa shape index (κ1) is 29.4. The fraction of sp³-hybridized carbons (Fsp3) is 0.333. The van der Waals surface area contributed by atoms with Crippen LogP contribution in [0.3, 0.4) is 0 Å². The number of hydrogen-bond acceptors (Lipinski definition) is 6. The van der Waals surface area contributed by atoms with Crippen molar-refractivity contribution in [3.63, 3.8) is 0 Å². The van der Waals surface area contributed by atoms with E-state index in [1.165, 1.54) is 0 Å². The molecule has 4 aromatic heterocycles. The molecular weight excluding hydrogens is 552 g/mol. The third-order valence-corrected chi connectivity index (χ3v) is 8.33. The van der Waals surface area contributed by atoms with Crippen molar-refractivity contribution in [3.05, 3.63) is 83.4 Å². The molecule has 0 spiro atoms. The lowest BCUT2D eigenvalue weighted by Crippen LogP contribution is -2.09. The fourth-order valence-electron chi connectivity index (χ4n) is 6.52. The molecule has 0 fully saturated rings. The van der Waals surface area contributed by atoms with Crippen LogP contribution in [0.1, 0.15) is 71.9 Å². The number of carbonyl (C=O) groups excluding carboxylic acids is 2. The molecule has 0 N–H and O–H groups in total. The topological polar surface area (TPSA) is 88.2 Å². The third kappa shape index (κ3) is 5.29. The summed E-state index contributed by atoms with van der Waals surface area (Å²) in [5.41, 5.74) is 6.85. The number of esters is 2. The van der Waals surface area contributed by atoms with E-state index < -0.39 is 0 Å². The van der Waals surface area contributed by atoms with E-state index in [0.29, 0.717) is 24.6 Å². The standard InChI is InChI=1S/C36H38N4O4/c1-5-43-35(41)29-21-27-25-15-9-11-17-31(25)39(33(27)23(3)37-29)19-13-7-8-14-20-40-32-18-12-10-16-26(32)28-22-30(36(42)44-6-2)38-24(4)34(28)40/h9-12,15-18,21-22H,5-8,13-14,19-20H2,1-4H3. The largest absolute Gasteiger partial charge is 0.461 e. The molecule has 6 aromatic rings. The van der Waals surface area contributed by atoms with Gasteiger partial charge < -0.3 is 18.6 Å². The summed E-state index contributed by atoms with van der Waals surface area (Å²) in [6.07, 6.45) is 4.23. The molecular formula is C36H38N4O4. The molecule has 0 aliphatic carbocycles. The molecule has 2 aromatic carbocycles. The zero-order valence-electron chi connectivity index (χ0n) is 25.9. The molecule has 8 nitrogen and oxygen atoms in total. The summed E-state index contributed by atoms with van der Waals surface area (Å²) in [5.74, 6) is -0.772. The lowest BCUT2D eigenvalue weighted by molar-refractivity contribution is 0.0510. The highest BCUT2D eigenvalue weighted by molar-refractivity contribution is 6.11. The van der Waals surface area contributed by atoms with Gasteiger partial charge in [-0.15, -0.1) is 0 Å². The number of carbonyl (C=O) groups is 2. The molecule has 4 heterocycles.